The van der Waals surface area contributed by atoms with Crippen molar-refractivity contribution in [3.05, 3.63) is 11.6 Å². The molecule has 1 fully saturated rings. The number of allylic oxidation sites excluding steroid dienone is 1. The standard InChI is InChI=1S/C14H26N2O/c1-12(2)10-14(17)16-7-5-6-15(8-9-16)11-13(3)4/h10,13H,5-9,11H2,1-4H3. The van der Waals surface area contributed by atoms with E-state index in [1.165, 1.54) is 0 Å². The summed E-state index contributed by atoms with van der Waals surface area (Å²) in [4.78, 5) is 16.4. The Morgan fingerprint density at radius 2 is 1.88 bits per heavy atom. The maximum absolute atomic E-state index is 11.9. The molecule has 0 saturated carbocycles. The normalized spacial score (nSPS) is 18.1. The summed E-state index contributed by atoms with van der Waals surface area (Å²) in [5, 5.41) is 0. The number of hydrogen-bond donors (Lipinski definition) is 0. The minimum absolute atomic E-state index is 0.177. The van der Waals surface area contributed by atoms with Gasteiger partial charge >= 0.3 is 0 Å². The summed E-state index contributed by atoms with van der Waals surface area (Å²) in [6.07, 6.45) is 2.84. The summed E-state index contributed by atoms with van der Waals surface area (Å²) in [7, 11) is 0. The van der Waals surface area contributed by atoms with E-state index in [9.17, 15) is 4.79 Å². The molecule has 0 N–H and O–H groups in total. The summed E-state index contributed by atoms with van der Waals surface area (Å²) < 4.78 is 0. The van der Waals surface area contributed by atoms with Gasteiger partial charge < -0.3 is 9.80 Å². The van der Waals surface area contributed by atoms with Crippen molar-refractivity contribution in [3.63, 3.8) is 0 Å². The molecule has 0 radical (unpaired) electrons. The monoisotopic (exact) mass is 238 g/mol. The molecule has 0 aliphatic carbocycles. The Kier molecular flexibility index (Phi) is 5.69. The fourth-order valence-electron chi connectivity index (χ4n) is 2.23. The number of carbonyl (C=O) groups is 1. The van der Waals surface area contributed by atoms with Crippen LogP contribution in [0.25, 0.3) is 0 Å². The van der Waals surface area contributed by atoms with Crippen LogP contribution in [0.5, 0.6) is 0 Å². The van der Waals surface area contributed by atoms with Gasteiger partial charge in [-0.1, -0.05) is 19.4 Å². The Bertz CT molecular complexity index is 280. The average molecular weight is 238 g/mol. The minimum atomic E-state index is 0.177. The molecule has 0 spiro atoms. The number of nitrogens with zero attached hydrogens (tertiary/aromatic N) is 2. The van der Waals surface area contributed by atoms with Crippen LogP contribution >= 0.6 is 0 Å². The van der Waals surface area contributed by atoms with Crippen molar-refractivity contribution in [2.45, 2.75) is 34.1 Å². The Balaban J connectivity index is 2.47. The van der Waals surface area contributed by atoms with Gasteiger partial charge in [-0.25, -0.2) is 0 Å². The molecule has 0 bridgehead atoms. The van der Waals surface area contributed by atoms with Gasteiger partial charge in [0, 0.05) is 32.3 Å². The highest BCUT2D eigenvalue weighted by molar-refractivity contribution is 5.88. The van der Waals surface area contributed by atoms with Crippen molar-refractivity contribution < 1.29 is 4.79 Å². The lowest BCUT2D eigenvalue weighted by Crippen LogP contribution is -2.35. The lowest BCUT2D eigenvalue weighted by atomic mass is 10.2. The third-order valence-corrected chi connectivity index (χ3v) is 2.94. The molecule has 0 aromatic carbocycles. The van der Waals surface area contributed by atoms with E-state index in [-0.39, 0.29) is 5.91 Å². The van der Waals surface area contributed by atoms with Gasteiger partial charge in [-0.3, -0.25) is 4.79 Å². The first kappa shape index (κ1) is 14.2. The largest absolute Gasteiger partial charge is 0.338 e. The average Bonchev–Trinajstić information content (AvgIpc) is 2.41. The number of hydrogen-bond acceptors (Lipinski definition) is 2. The van der Waals surface area contributed by atoms with Crippen molar-refractivity contribution in [2.24, 2.45) is 5.92 Å². The van der Waals surface area contributed by atoms with E-state index in [2.05, 4.69) is 18.7 Å². The highest BCUT2D eigenvalue weighted by atomic mass is 16.2. The lowest BCUT2D eigenvalue weighted by molar-refractivity contribution is -0.125. The zero-order valence-electron chi connectivity index (χ0n) is 11.7. The molecule has 17 heavy (non-hydrogen) atoms. The molecule has 0 aromatic heterocycles. The highest BCUT2D eigenvalue weighted by Gasteiger charge is 2.17. The van der Waals surface area contributed by atoms with Crippen molar-refractivity contribution in [2.75, 3.05) is 32.7 Å². The second kappa shape index (κ2) is 6.80. The van der Waals surface area contributed by atoms with Crippen LogP contribution in [0.15, 0.2) is 11.6 Å². The van der Waals surface area contributed by atoms with E-state index in [0.29, 0.717) is 5.92 Å². The molecule has 1 amide bonds. The molecule has 0 atom stereocenters. The topological polar surface area (TPSA) is 23.6 Å². The molecule has 1 saturated heterocycles. The van der Waals surface area contributed by atoms with E-state index < -0.39 is 0 Å². The molecular formula is C14H26N2O. The second-order valence-corrected chi connectivity index (χ2v) is 5.59. The van der Waals surface area contributed by atoms with Crippen LogP contribution in [0, 0.1) is 5.92 Å². The maximum Gasteiger partial charge on any atom is 0.246 e. The molecule has 1 aliphatic rings. The summed E-state index contributed by atoms with van der Waals surface area (Å²) >= 11 is 0. The molecule has 1 aliphatic heterocycles. The Labute approximate surface area is 105 Å². The van der Waals surface area contributed by atoms with E-state index in [1.54, 1.807) is 6.08 Å². The van der Waals surface area contributed by atoms with Crippen molar-refractivity contribution in [3.8, 4) is 0 Å². The Morgan fingerprint density at radius 3 is 2.47 bits per heavy atom. The van der Waals surface area contributed by atoms with E-state index >= 15 is 0 Å². The molecule has 3 nitrogen and oxygen atoms in total. The predicted octanol–water partition coefficient (Wildman–Crippen LogP) is 2.14. The quantitative estimate of drug-likeness (QED) is 0.703. The first-order chi connectivity index (χ1) is 7.99. The van der Waals surface area contributed by atoms with Crippen LogP contribution in [0.3, 0.4) is 0 Å². The zero-order chi connectivity index (χ0) is 12.8. The molecule has 98 valence electrons. The van der Waals surface area contributed by atoms with Gasteiger partial charge in [0.15, 0.2) is 0 Å². The molecular weight excluding hydrogens is 212 g/mol. The molecule has 1 heterocycles. The molecule has 0 aromatic rings. The summed E-state index contributed by atoms with van der Waals surface area (Å²) in [5.74, 6) is 0.881. The third kappa shape index (κ3) is 5.35. The fourth-order valence-corrected chi connectivity index (χ4v) is 2.23. The van der Waals surface area contributed by atoms with Gasteiger partial charge in [-0.15, -0.1) is 0 Å². The van der Waals surface area contributed by atoms with Crippen molar-refractivity contribution in [1.82, 2.24) is 9.80 Å². The summed E-state index contributed by atoms with van der Waals surface area (Å²) in [5.41, 5.74) is 1.08. The smallest absolute Gasteiger partial charge is 0.246 e. The van der Waals surface area contributed by atoms with Crippen LogP contribution in [-0.2, 0) is 4.79 Å². The summed E-state index contributed by atoms with van der Waals surface area (Å²) in [6.45, 7) is 13.5. The summed E-state index contributed by atoms with van der Waals surface area (Å²) in [6, 6.07) is 0. The maximum atomic E-state index is 11.9. The fraction of sp³-hybridized carbons (Fsp3) is 0.786. The first-order valence-electron chi connectivity index (χ1n) is 6.65. The van der Waals surface area contributed by atoms with Gasteiger partial charge in [-0.05, 0) is 32.7 Å². The SMILES string of the molecule is CC(C)=CC(=O)N1CCCN(CC(C)C)CC1. The van der Waals surface area contributed by atoms with Gasteiger partial charge in [-0.2, -0.15) is 0 Å². The minimum Gasteiger partial charge on any atom is -0.338 e. The van der Waals surface area contributed by atoms with Crippen LogP contribution in [0.4, 0.5) is 0 Å². The molecule has 0 unspecified atom stereocenters. The number of amides is 1. The van der Waals surface area contributed by atoms with Gasteiger partial charge in [0.2, 0.25) is 5.91 Å². The number of rotatable bonds is 3. The third-order valence-electron chi connectivity index (χ3n) is 2.94. The Morgan fingerprint density at radius 1 is 1.18 bits per heavy atom. The van der Waals surface area contributed by atoms with Gasteiger partial charge in [0.05, 0.1) is 0 Å². The van der Waals surface area contributed by atoms with E-state index in [0.717, 1.165) is 44.7 Å². The van der Waals surface area contributed by atoms with Crippen molar-refractivity contribution >= 4 is 5.91 Å². The van der Waals surface area contributed by atoms with Crippen molar-refractivity contribution in [1.29, 1.82) is 0 Å². The first-order valence-corrected chi connectivity index (χ1v) is 6.65. The van der Waals surface area contributed by atoms with Crippen LogP contribution in [0.2, 0.25) is 0 Å². The number of carbonyl (C=O) groups excluding carboxylic acids is 1. The zero-order valence-corrected chi connectivity index (χ0v) is 11.7. The Hall–Kier alpha value is -0.830. The molecule has 1 rings (SSSR count). The van der Waals surface area contributed by atoms with Crippen LogP contribution < -0.4 is 0 Å². The van der Waals surface area contributed by atoms with Crippen LogP contribution in [-0.4, -0.2) is 48.4 Å². The van der Waals surface area contributed by atoms with Gasteiger partial charge in [0.1, 0.15) is 0 Å². The highest BCUT2D eigenvalue weighted by Crippen LogP contribution is 2.07. The van der Waals surface area contributed by atoms with E-state index in [4.69, 9.17) is 0 Å². The predicted molar refractivity (Wildman–Crippen MR) is 71.9 cm³/mol. The second-order valence-electron chi connectivity index (χ2n) is 5.59. The van der Waals surface area contributed by atoms with Gasteiger partial charge in [0.25, 0.3) is 0 Å². The molecule has 3 heteroatoms. The lowest BCUT2D eigenvalue weighted by Gasteiger charge is -2.22. The van der Waals surface area contributed by atoms with E-state index in [1.807, 2.05) is 18.7 Å². The van der Waals surface area contributed by atoms with Crippen LogP contribution in [0.1, 0.15) is 34.1 Å².